The van der Waals surface area contributed by atoms with Crippen molar-refractivity contribution in [2.24, 2.45) is 0 Å². The van der Waals surface area contributed by atoms with Crippen molar-refractivity contribution in [2.75, 3.05) is 0 Å². The molecular weight excluding hydrogens is 697 g/mol. The Balaban J connectivity index is 1.01. The lowest BCUT2D eigenvalue weighted by atomic mass is 9.68. The summed E-state index contributed by atoms with van der Waals surface area (Å²) in [4.78, 5) is 10.1. The molecule has 0 N–H and O–H groups in total. The molecule has 8 aromatic carbocycles. The van der Waals surface area contributed by atoms with Crippen LogP contribution in [0.2, 0.25) is 0 Å². The largest absolute Gasteiger partial charge is 0.449 e. The predicted molar refractivity (Wildman–Crippen MR) is 228 cm³/mol. The molecule has 1 aliphatic heterocycles. The summed E-state index contributed by atoms with van der Waals surface area (Å²) in [5.74, 6) is 3.48. The van der Waals surface area contributed by atoms with Gasteiger partial charge in [-0.3, -0.25) is 0 Å². The fraction of sp³-hybridized carbons (Fsp3) is 0.0189. The maximum Gasteiger partial charge on any atom is 0.178 e. The highest BCUT2D eigenvalue weighted by atomic mass is 16.6. The molecule has 0 saturated carbocycles. The molecule has 0 atom stereocenters. The van der Waals surface area contributed by atoms with Gasteiger partial charge in [0.05, 0.1) is 16.8 Å². The first-order valence-electron chi connectivity index (χ1n) is 19.2. The summed E-state index contributed by atoms with van der Waals surface area (Å²) in [5.41, 5.74) is 13.3. The van der Waals surface area contributed by atoms with Crippen LogP contribution in [0.25, 0.3) is 56.2 Å². The highest BCUT2D eigenvalue weighted by Crippen LogP contribution is 2.62. The molecule has 268 valence electrons. The molecule has 57 heavy (non-hydrogen) atoms. The Morgan fingerprint density at radius 3 is 1.63 bits per heavy atom. The van der Waals surface area contributed by atoms with Crippen molar-refractivity contribution in [2.45, 2.75) is 5.41 Å². The van der Waals surface area contributed by atoms with Crippen LogP contribution in [0.4, 0.5) is 0 Å². The van der Waals surface area contributed by atoms with E-state index in [4.69, 9.17) is 19.4 Å². The van der Waals surface area contributed by atoms with Crippen LogP contribution in [0.1, 0.15) is 22.3 Å². The Morgan fingerprint density at radius 1 is 0.351 bits per heavy atom. The van der Waals surface area contributed by atoms with Gasteiger partial charge in [0.2, 0.25) is 0 Å². The fourth-order valence-electron chi connectivity index (χ4n) is 8.67. The summed E-state index contributed by atoms with van der Waals surface area (Å²) in [7, 11) is 0. The number of benzene rings is 8. The number of hydrogen-bond acceptors (Lipinski definition) is 4. The van der Waals surface area contributed by atoms with Crippen molar-refractivity contribution in [3.05, 3.63) is 229 Å². The number of hydrogen-bond donors (Lipinski definition) is 0. The molecule has 2 aliphatic rings. The second-order valence-electron chi connectivity index (χ2n) is 14.5. The number of nitrogens with zero attached hydrogens (tertiary/aromatic N) is 2. The van der Waals surface area contributed by atoms with E-state index < -0.39 is 5.41 Å². The molecule has 1 aliphatic carbocycles. The minimum Gasteiger partial charge on any atom is -0.449 e. The zero-order chi connectivity index (χ0) is 37.8. The van der Waals surface area contributed by atoms with Crippen LogP contribution in [-0.2, 0) is 5.41 Å². The Morgan fingerprint density at radius 2 is 0.912 bits per heavy atom. The molecule has 1 aromatic heterocycles. The fourth-order valence-corrected chi connectivity index (χ4v) is 8.67. The Labute approximate surface area is 331 Å². The zero-order valence-corrected chi connectivity index (χ0v) is 30.8. The maximum atomic E-state index is 7.00. The first-order chi connectivity index (χ1) is 28.2. The second kappa shape index (κ2) is 13.3. The predicted octanol–water partition coefficient (Wildman–Crippen LogP) is 13.4. The molecule has 9 aromatic rings. The summed E-state index contributed by atoms with van der Waals surface area (Å²) in [5, 5.41) is 0. The summed E-state index contributed by atoms with van der Waals surface area (Å²) in [6, 6.07) is 71.8. The van der Waals surface area contributed by atoms with Gasteiger partial charge in [0, 0.05) is 22.3 Å². The van der Waals surface area contributed by atoms with Crippen LogP contribution in [0, 0.1) is 0 Å². The summed E-state index contributed by atoms with van der Waals surface area (Å²) in [6.07, 6.45) is 0. The molecule has 0 spiro atoms. The van der Waals surface area contributed by atoms with Crippen LogP contribution < -0.4 is 9.47 Å². The number of fused-ring (bicyclic) bond motifs is 6. The summed E-state index contributed by atoms with van der Waals surface area (Å²) >= 11 is 0. The van der Waals surface area contributed by atoms with Crippen LogP contribution >= 0.6 is 0 Å². The average Bonchev–Trinajstić information content (AvgIpc) is 3.61. The van der Waals surface area contributed by atoms with Crippen molar-refractivity contribution < 1.29 is 9.47 Å². The van der Waals surface area contributed by atoms with Gasteiger partial charge in [-0.25, -0.2) is 9.97 Å². The standard InChI is InChI=1S/C53H34N2O2/c1-5-16-35(17-6-1)45-34-46(55-52(54-45)36-18-7-2-8-19-36)39-21-15-20-37(32-39)38-28-30-47-49(33-38)57-51-48(56-47)31-29-44-50(51)42-26-13-14-27-43(42)53(44,40-22-9-3-10-23-40)41-24-11-4-12-25-41/h1-34H. The van der Waals surface area contributed by atoms with Gasteiger partial charge in [-0.1, -0.05) is 176 Å². The molecule has 0 unspecified atom stereocenters. The molecule has 0 fully saturated rings. The molecule has 0 amide bonds. The quantitative estimate of drug-likeness (QED) is 0.171. The minimum atomic E-state index is -0.531. The van der Waals surface area contributed by atoms with E-state index in [0.717, 1.165) is 56.1 Å². The summed E-state index contributed by atoms with van der Waals surface area (Å²) < 4.78 is 13.7. The van der Waals surface area contributed by atoms with Gasteiger partial charge < -0.3 is 9.47 Å². The number of aromatic nitrogens is 2. The normalized spacial score (nSPS) is 13.0. The van der Waals surface area contributed by atoms with E-state index in [-0.39, 0.29) is 0 Å². The third-order valence-electron chi connectivity index (χ3n) is 11.2. The van der Waals surface area contributed by atoms with Crippen molar-refractivity contribution >= 4 is 0 Å². The second-order valence-corrected chi connectivity index (χ2v) is 14.5. The van der Waals surface area contributed by atoms with Gasteiger partial charge in [-0.2, -0.15) is 0 Å². The van der Waals surface area contributed by atoms with Gasteiger partial charge in [0.15, 0.2) is 28.8 Å². The molecule has 0 radical (unpaired) electrons. The lowest BCUT2D eigenvalue weighted by molar-refractivity contribution is 0.360. The summed E-state index contributed by atoms with van der Waals surface area (Å²) in [6.45, 7) is 0. The van der Waals surface area contributed by atoms with Gasteiger partial charge in [-0.05, 0) is 69.3 Å². The highest BCUT2D eigenvalue weighted by Gasteiger charge is 2.48. The van der Waals surface area contributed by atoms with E-state index >= 15 is 0 Å². The van der Waals surface area contributed by atoms with E-state index in [2.05, 4.69) is 164 Å². The van der Waals surface area contributed by atoms with E-state index in [9.17, 15) is 0 Å². The first-order valence-corrected chi connectivity index (χ1v) is 19.2. The molecule has 0 saturated heterocycles. The van der Waals surface area contributed by atoms with E-state index in [1.54, 1.807) is 0 Å². The highest BCUT2D eigenvalue weighted by molar-refractivity contribution is 5.92. The molecule has 11 rings (SSSR count). The van der Waals surface area contributed by atoms with Gasteiger partial charge in [0.1, 0.15) is 0 Å². The lowest BCUT2D eigenvalue weighted by Gasteiger charge is -2.34. The minimum absolute atomic E-state index is 0.531. The Hall–Kier alpha value is -7.56. The Bertz CT molecular complexity index is 2850. The molecule has 4 heteroatoms. The monoisotopic (exact) mass is 730 g/mol. The molecule has 2 heterocycles. The van der Waals surface area contributed by atoms with Crippen LogP contribution in [0.3, 0.4) is 0 Å². The van der Waals surface area contributed by atoms with Gasteiger partial charge >= 0.3 is 0 Å². The lowest BCUT2D eigenvalue weighted by Crippen LogP contribution is -2.28. The van der Waals surface area contributed by atoms with Crippen molar-refractivity contribution in [1.29, 1.82) is 0 Å². The molecular formula is C53H34N2O2. The third kappa shape index (κ3) is 5.37. The van der Waals surface area contributed by atoms with E-state index in [1.807, 2.05) is 42.5 Å². The van der Waals surface area contributed by atoms with Gasteiger partial charge in [0.25, 0.3) is 0 Å². The van der Waals surface area contributed by atoms with Crippen molar-refractivity contribution in [3.63, 3.8) is 0 Å². The SMILES string of the molecule is c1ccc(-c2cc(-c3cccc(-c4ccc5c(c4)Oc4c(ccc6c4-c4ccccc4C6(c4ccccc4)c4ccccc4)O5)c3)nc(-c3ccccc3)n2)cc1. The maximum absolute atomic E-state index is 7.00. The topological polar surface area (TPSA) is 44.2 Å². The molecule has 4 nitrogen and oxygen atoms in total. The van der Waals surface area contributed by atoms with Crippen molar-refractivity contribution in [1.82, 2.24) is 9.97 Å². The van der Waals surface area contributed by atoms with E-state index in [0.29, 0.717) is 23.1 Å². The number of rotatable bonds is 6. The van der Waals surface area contributed by atoms with Crippen molar-refractivity contribution in [3.8, 4) is 79.2 Å². The van der Waals surface area contributed by atoms with Crippen LogP contribution in [-0.4, -0.2) is 9.97 Å². The average molecular weight is 731 g/mol. The molecule has 0 bridgehead atoms. The van der Waals surface area contributed by atoms with Gasteiger partial charge in [-0.15, -0.1) is 0 Å². The third-order valence-corrected chi connectivity index (χ3v) is 11.2. The Kier molecular flexibility index (Phi) is 7.68. The number of ether oxygens (including phenoxy) is 2. The zero-order valence-electron chi connectivity index (χ0n) is 30.8. The van der Waals surface area contributed by atoms with E-state index in [1.165, 1.54) is 22.3 Å². The smallest absolute Gasteiger partial charge is 0.178 e. The van der Waals surface area contributed by atoms with Crippen LogP contribution in [0.15, 0.2) is 206 Å². The van der Waals surface area contributed by atoms with Crippen LogP contribution in [0.5, 0.6) is 23.0 Å². The first kappa shape index (κ1) is 32.8.